The fourth-order valence-electron chi connectivity index (χ4n) is 6.48. The van der Waals surface area contributed by atoms with Crippen LogP contribution in [0.15, 0.2) is 0 Å². The molecule has 2 aliphatic heterocycles. The van der Waals surface area contributed by atoms with Crippen LogP contribution in [0.3, 0.4) is 0 Å². The number of carbonyl (C=O) groups excluding carboxylic acids is 1. The highest BCUT2D eigenvalue weighted by Crippen LogP contribution is 2.54. The Balaban J connectivity index is 1.88. The molecule has 0 radical (unpaired) electrons. The summed E-state index contributed by atoms with van der Waals surface area (Å²) >= 11 is 0. The summed E-state index contributed by atoms with van der Waals surface area (Å²) in [5.41, 5.74) is -7.21. The van der Waals surface area contributed by atoms with Gasteiger partial charge in [0.05, 0.1) is 0 Å². The number of aliphatic hydroxyl groups is 3. The molecule has 6 N–H and O–H groups in total. The quantitative estimate of drug-likeness (QED) is 0.195. The van der Waals surface area contributed by atoms with E-state index in [2.05, 4.69) is 0 Å². The van der Waals surface area contributed by atoms with Crippen LogP contribution in [0.2, 0.25) is 0 Å². The molecule has 0 amide bonds. The van der Waals surface area contributed by atoms with Crippen LogP contribution in [0, 0.1) is 17.8 Å². The van der Waals surface area contributed by atoms with Crippen LogP contribution in [0.25, 0.3) is 0 Å². The molecule has 9 atom stereocenters. The summed E-state index contributed by atoms with van der Waals surface area (Å²) in [6.07, 6.45) is -1.92. The van der Waals surface area contributed by atoms with Gasteiger partial charge in [0.1, 0.15) is 18.3 Å². The van der Waals surface area contributed by atoms with E-state index in [0.717, 1.165) is 32.1 Å². The Bertz CT molecular complexity index is 932. The van der Waals surface area contributed by atoms with Crippen molar-refractivity contribution in [1.29, 1.82) is 0 Å². The van der Waals surface area contributed by atoms with Crippen molar-refractivity contribution in [3.8, 4) is 0 Å². The maximum absolute atomic E-state index is 12.2. The molecule has 38 heavy (non-hydrogen) atoms. The molecule has 0 unspecified atom stereocenters. The second-order valence-corrected chi connectivity index (χ2v) is 11.1. The number of carboxylic acids is 3. The lowest BCUT2D eigenvalue weighted by Crippen LogP contribution is -2.77. The summed E-state index contributed by atoms with van der Waals surface area (Å²) in [5, 5.41) is 61.5. The fraction of sp³-hybridized carbons (Fsp3) is 0.840. The van der Waals surface area contributed by atoms with Crippen LogP contribution in [0.5, 0.6) is 0 Å². The Morgan fingerprint density at radius 3 is 2.05 bits per heavy atom. The van der Waals surface area contributed by atoms with E-state index in [4.69, 9.17) is 14.2 Å². The Morgan fingerprint density at radius 2 is 1.55 bits per heavy atom. The third kappa shape index (κ3) is 4.90. The smallest absolute Gasteiger partial charge is 0.343 e. The minimum Gasteiger partial charge on any atom is -0.479 e. The number of carboxylic acid groups (broad SMARTS) is 3. The number of aliphatic carboxylic acids is 3. The number of fused-ring (bicyclic) bond motifs is 2. The Morgan fingerprint density at radius 1 is 0.947 bits per heavy atom. The summed E-state index contributed by atoms with van der Waals surface area (Å²) in [6, 6.07) is 0. The zero-order valence-corrected chi connectivity index (χ0v) is 21.7. The first-order chi connectivity index (χ1) is 17.6. The number of carbonyl (C=O) groups is 4. The van der Waals surface area contributed by atoms with Gasteiger partial charge < -0.3 is 44.8 Å². The highest BCUT2D eigenvalue weighted by molar-refractivity contribution is 5.97. The zero-order valence-electron chi connectivity index (χ0n) is 21.7. The van der Waals surface area contributed by atoms with Crippen molar-refractivity contribution >= 4 is 23.9 Å². The van der Waals surface area contributed by atoms with Crippen molar-refractivity contribution in [3.05, 3.63) is 0 Å². The van der Waals surface area contributed by atoms with Crippen molar-refractivity contribution in [3.63, 3.8) is 0 Å². The molecule has 0 aromatic carbocycles. The lowest BCUT2D eigenvalue weighted by atomic mass is 9.74. The SMILES string of the molecule is CC(=O)O[C@@H]([C@H](C)CC1CCCCC1)[C@@H](C)CC[C@]12O[C@H](C(=O)O)[C@@](O)(C(=O)O)[C@](C(=O)O)(O1)[C@H](O)[C@H]2O. The second-order valence-electron chi connectivity index (χ2n) is 11.1. The molecule has 0 aromatic rings. The highest BCUT2D eigenvalue weighted by Gasteiger charge is 2.84. The fourth-order valence-corrected chi connectivity index (χ4v) is 6.48. The lowest BCUT2D eigenvalue weighted by Gasteiger charge is -2.48. The van der Waals surface area contributed by atoms with Gasteiger partial charge in [0, 0.05) is 13.3 Å². The molecule has 3 fully saturated rings. The van der Waals surface area contributed by atoms with Gasteiger partial charge in [-0.15, -0.1) is 0 Å². The maximum atomic E-state index is 12.2. The van der Waals surface area contributed by atoms with Crippen LogP contribution in [0.1, 0.15) is 72.1 Å². The number of ether oxygens (including phenoxy) is 3. The van der Waals surface area contributed by atoms with Crippen molar-refractivity contribution in [2.45, 2.75) is 114 Å². The van der Waals surface area contributed by atoms with Crippen molar-refractivity contribution < 1.29 is 64.0 Å². The molecule has 1 aliphatic carbocycles. The molecule has 0 aromatic heterocycles. The van der Waals surface area contributed by atoms with Gasteiger partial charge in [-0.05, 0) is 30.6 Å². The van der Waals surface area contributed by atoms with E-state index >= 15 is 0 Å². The minimum absolute atomic E-state index is 0.0459. The summed E-state index contributed by atoms with van der Waals surface area (Å²) in [6.45, 7) is 5.00. The Kier molecular flexibility index (Phi) is 8.79. The maximum Gasteiger partial charge on any atom is 0.343 e. The standard InChI is InChI=1S/C25H38O13/c1-12(16(36-14(3)26)13(2)11-15-7-5-4-6-8-15)9-10-23-17(27)18(28)25(38-23,22(33)34)24(35,21(31)32)19(37-23)20(29)30/h12-13,15-19,27-28,35H,4-11H2,1-3H3,(H,29,30)(H,31,32)(H,33,34)/t12-,13+,16+,17+,18+,19+,23-,24+,25-/m0/s1. The zero-order chi connectivity index (χ0) is 28.6. The average Bonchev–Trinajstić information content (AvgIpc) is 3.04. The molecule has 2 bridgehead atoms. The van der Waals surface area contributed by atoms with E-state index < -0.39 is 77.6 Å². The molecular formula is C25H38O13. The molecule has 216 valence electrons. The molecule has 13 nitrogen and oxygen atoms in total. The summed E-state index contributed by atoms with van der Waals surface area (Å²) in [5.74, 6) is -9.48. The number of aliphatic hydroxyl groups excluding tert-OH is 2. The van der Waals surface area contributed by atoms with E-state index in [1.165, 1.54) is 13.3 Å². The van der Waals surface area contributed by atoms with Crippen molar-refractivity contribution in [2.75, 3.05) is 0 Å². The van der Waals surface area contributed by atoms with Gasteiger partial charge in [0.2, 0.25) is 17.3 Å². The Hall–Kier alpha value is -2.32. The van der Waals surface area contributed by atoms with E-state index in [1.54, 1.807) is 6.92 Å². The van der Waals surface area contributed by atoms with E-state index in [0.29, 0.717) is 5.92 Å². The molecule has 3 rings (SSSR count). The van der Waals surface area contributed by atoms with Crippen molar-refractivity contribution in [2.24, 2.45) is 17.8 Å². The topological polar surface area (TPSA) is 217 Å². The number of rotatable bonds is 11. The summed E-state index contributed by atoms with van der Waals surface area (Å²) < 4.78 is 16.3. The average molecular weight is 547 g/mol. The molecule has 3 aliphatic rings. The third-order valence-corrected chi connectivity index (χ3v) is 8.43. The van der Waals surface area contributed by atoms with E-state index in [1.807, 2.05) is 6.92 Å². The highest BCUT2D eigenvalue weighted by atomic mass is 16.8. The number of hydrogen-bond acceptors (Lipinski definition) is 10. The first-order valence-corrected chi connectivity index (χ1v) is 13.0. The van der Waals surface area contributed by atoms with Gasteiger partial charge in [-0.25, -0.2) is 14.4 Å². The van der Waals surface area contributed by atoms with Gasteiger partial charge in [-0.2, -0.15) is 0 Å². The number of hydrogen-bond donors (Lipinski definition) is 6. The molecule has 2 heterocycles. The van der Waals surface area contributed by atoms with E-state index in [-0.39, 0.29) is 12.3 Å². The minimum atomic E-state index is -3.77. The Labute approximate surface area is 219 Å². The van der Waals surface area contributed by atoms with Gasteiger partial charge in [0.25, 0.3) is 0 Å². The largest absolute Gasteiger partial charge is 0.479 e. The molecule has 1 saturated carbocycles. The van der Waals surface area contributed by atoms with Crippen LogP contribution in [-0.4, -0.2) is 95.9 Å². The third-order valence-electron chi connectivity index (χ3n) is 8.43. The first kappa shape index (κ1) is 30.2. The predicted octanol–water partition coefficient (Wildman–Crippen LogP) is 0.512. The summed E-state index contributed by atoms with van der Waals surface area (Å²) in [7, 11) is 0. The monoisotopic (exact) mass is 546 g/mol. The van der Waals surface area contributed by atoms with Crippen molar-refractivity contribution in [1.82, 2.24) is 0 Å². The predicted molar refractivity (Wildman–Crippen MR) is 126 cm³/mol. The van der Waals surface area contributed by atoms with Crippen LogP contribution in [-0.2, 0) is 33.4 Å². The van der Waals surface area contributed by atoms with Gasteiger partial charge in [0.15, 0.2) is 5.79 Å². The van der Waals surface area contributed by atoms with Crippen LogP contribution in [0.4, 0.5) is 0 Å². The first-order valence-electron chi connectivity index (χ1n) is 13.0. The molecule has 13 heteroatoms. The molecule has 0 spiro atoms. The summed E-state index contributed by atoms with van der Waals surface area (Å²) in [4.78, 5) is 48.0. The number of esters is 1. The van der Waals surface area contributed by atoms with Crippen LogP contribution < -0.4 is 0 Å². The van der Waals surface area contributed by atoms with E-state index in [9.17, 15) is 49.8 Å². The lowest BCUT2D eigenvalue weighted by molar-refractivity contribution is -0.374. The molecule has 2 saturated heterocycles. The van der Waals surface area contributed by atoms with Gasteiger partial charge in [-0.1, -0.05) is 46.0 Å². The molecular weight excluding hydrogens is 508 g/mol. The van der Waals surface area contributed by atoms with Gasteiger partial charge >= 0.3 is 23.9 Å². The second kappa shape index (κ2) is 11.0. The van der Waals surface area contributed by atoms with Crippen LogP contribution >= 0.6 is 0 Å². The van der Waals surface area contributed by atoms with Gasteiger partial charge in [-0.3, -0.25) is 4.79 Å². The normalized spacial score (nSPS) is 37.7.